The van der Waals surface area contributed by atoms with Crippen molar-refractivity contribution in [3.63, 3.8) is 0 Å². The Morgan fingerprint density at radius 1 is 1.03 bits per heavy atom. The molecule has 1 heterocycles. The van der Waals surface area contributed by atoms with Crippen molar-refractivity contribution in [3.05, 3.63) is 84.2 Å². The summed E-state index contributed by atoms with van der Waals surface area (Å²) in [5.41, 5.74) is 0.749. The van der Waals surface area contributed by atoms with E-state index < -0.39 is 21.7 Å². The highest BCUT2D eigenvalue weighted by Crippen LogP contribution is 2.36. The van der Waals surface area contributed by atoms with Crippen LogP contribution >= 0.6 is 0 Å². The van der Waals surface area contributed by atoms with Crippen molar-refractivity contribution in [1.29, 1.82) is 0 Å². The Hall–Kier alpha value is -3.39. The molecule has 0 bridgehead atoms. The average molecular weight is 426 g/mol. The molecule has 0 aliphatic carbocycles. The lowest BCUT2D eigenvalue weighted by Crippen LogP contribution is -2.42. The molecular formula is C22H19FN2O4S. The van der Waals surface area contributed by atoms with Gasteiger partial charge in [0.2, 0.25) is 0 Å². The summed E-state index contributed by atoms with van der Waals surface area (Å²) >= 11 is 0. The average Bonchev–Trinajstić information content (AvgIpc) is 2.73. The number of carbonyl (C=O) groups is 1. The Bertz CT molecular complexity index is 1200. The fourth-order valence-electron chi connectivity index (χ4n) is 3.26. The number of fused-ring (bicyclic) bond motifs is 1. The molecule has 0 fully saturated rings. The number of hydrogen-bond acceptors (Lipinski definition) is 4. The van der Waals surface area contributed by atoms with Gasteiger partial charge >= 0.3 is 0 Å². The van der Waals surface area contributed by atoms with Crippen molar-refractivity contribution >= 4 is 27.3 Å². The summed E-state index contributed by atoms with van der Waals surface area (Å²) in [4.78, 5) is 12.3. The smallest absolute Gasteiger partial charge is 0.264 e. The quantitative estimate of drug-likeness (QED) is 0.683. The molecule has 1 aliphatic heterocycles. The minimum Gasteiger partial charge on any atom is -0.487 e. The number of carbonyl (C=O) groups excluding carboxylic acids is 1. The third-order valence-electron chi connectivity index (χ3n) is 4.70. The highest BCUT2D eigenvalue weighted by Gasteiger charge is 2.32. The first-order valence-corrected chi connectivity index (χ1v) is 10.7. The Labute approximate surface area is 174 Å². The number of amides is 1. The summed E-state index contributed by atoms with van der Waals surface area (Å²) in [5, 5.41) is 2.57. The van der Waals surface area contributed by atoms with Crippen LogP contribution in [0.2, 0.25) is 0 Å². The predicted octanol–water partition coefficient (Wildman–Crippen LogP) is 4.05. The molecule has 0 spiro atoms. The number of sulfonamides is 1. The molecule has 6 nitrogen and oxygen atoms in total. The van der Waals surface area contributed by atoms with E-state index in [-0.39, 0.29) is 23.1 Å². The van der Waals surface area contributed by atoms with Crippen molar-refractivity contribution in [1.82, 2.24) is 0 Å². The van der Waals surface area contributed by atoms with Crippen LogP contribution in [0.5, 0.6) is 5.75 Å². The van der Waals surface area contributed by atoms with E-state index in [1.165, 1.54) is 46.8 Å². The summed E-state index contributed by atoms with van der Waals surface area (Å²) in [6.45, 7) is 1.99. The number of halogens is 1. The number of para-hydroxylation sites is 2. The summed E-state index contributed by atoms with van der Waals surface area (Å²) in [5.74, 6) is -0.734. The number of nitrogens with zero attached hydrogens (tertiary/aromatic N) is 1. The van der Waals surface area contributed by atoms with E-state index in [4.69, 9.17) is 4.74 Å². The number of rotatable bonds is 4. The van der Waals surface area contributed by atoms with Crippen LogP contribution in [0.4, 0.5) is 15.8 Å². The second-order valence-corrected chi connectivity index (χ2v) is 8.75. The van der Waals surface area contributed by atoms with E-state index >= 15 is 0 Å². The highest BCUT2D eigenvalue weighted by molar-refractivity contribution is 7.92. The molecule has 0 radical (unpaired) electrons. The summed E-state index contributed by atoms with van der Waals surface area (Å²) < 4.78 is 47.3. The third kappa shape index (κ3) is 3.73. The summed E-state index contributed by atoms with van der Waals surface area (Å²) in [7, 11) is -3.83. The highest BCUT2D eigenvalue weighted by atomic mass is 32.2. The molecule has 8 heteroatoms. The zero-order valence-electron chi connectivity index (χ0n) is 16.1. The molecule has 1 N–H and O–H groups in total. The van der Waals surface area contributed by atoms with E-state index in [2.05, 4.69) is 5.32 Å². The van der Waals surface area contributed by atoms with Crippen LogP contribution in [0, 0.1) is 5.82 Å². The first kappa shape index (κ1) is 19.9. The molecule has 1 aliphatic rings. The number of nitrogens with one attached hydrogen (secondary N) is 1. The van der Waals surface area contributed by atoms with E-state index in [0.717, 1.165) is 0 Å². The normalized spacial score (nSPS) is 15.8. The molecule has 154 valence electrons. The lowest BCUT2D eigenvalue weighted by Gasteiger charge is -2.34. The lowest BCUT2D eigenvalue weighted by atomic mass is 10.2. The van der Waals surface area contributed by atoms with Gasteiger partial charge in [-0.1, -0.05) is 24.3 Å². The Balaban J connectivity index is 1.58. The maximum Gasteiger partial charge on any atom is 0.264 e. The molecule has 1 amide bonds. The van der Waals surface area contributed by atoms with Crippen molar-refractivity contribution in [3.8, 4) is 5.75 Å². The second-order valence-electron chi connectivity index (χ2n) is 6.89. The minimum atomic E-state index is -3.83. The maximum atomic E-state index is 13.8. The number of hydrogen-bond donors (Lipinski definition) is 1. The van der Waals surface area contributed by atoms with E-state index in [1.807, 2.05) is 0 Å². The third-order valence-corrected chi connectivity index (χ3v) is 6.50. The van der Waals surface area contributed by atoms with Gasteiger partial charge in [0.15, 0.2) is 0 Å². The number of anilines is 2. The van der Waals surface area contributed by atoms with Gasteiger partial charge in [-0.05, 0) is 55.5 Å². The molecule has 1 atom stereocenters. The van der Waals surface area contributed by atoms with Gasteiger partial charge in [0.25, 0.3) is 15.9 Å². The van der Waals surface area contributed by atoms with Crippen LogP contribution < -0.4 is 14.4 Å². The summed E-state index contributed by atoms with van der Waals surface area (Å²) in [6.07, 6.45) is -0.297. The minimum absolute atomic E-state index is 0.0790. The zero-order chi connectivity index (χ0) is 21.3. The topological polar surface area (TPSA) is 75.7 Å². The lowest BCUT2D eigenvalue weighted by molar-refractivity contribution is 0.102. The fourth-order valence-corrected chi connectivity index (χ4v) is 4.81. The first-order chi connectivity index (χ1) is 14.4. The SMILES string of the molecule is C[C@H]1CN(S(=O)(=O)c2ccc(NC(=O)c3ccccc3F)cc2)c2ccccc2O1. The van der Waals surface area contributed by atoms with Crippen molar-refractivity contribution < 1.29 is 22.3 Å². The number of benzene rings is 3. The van der Waals surface area contributed by atoms with Crippen LogP contribution in [-0.4, -0.2) is 27.0 Å². The zero-order valence-corrected chi connectivity index (χ0v) is 16.9. The van der Waals surface area contributed by atoms with Crippen molar-refractivity contribution in [2.24, 2.45) is 0 Å². The Morgan fingerprint density at radius 3 is 2.43 bits per heavy atom. The van der Waals surface area contributed by atoms with Crippen LogP contribution in [-0.2, 0) is 10.0 Å². The molecule has 3 aromatic rings. The van der Waals surface area contributed by atoms with Crippen LogP contribution in [0.1, 0.15) is 17.3 Å². The number of ether oxygens (including phenoxy) is 1. The van der Waals surface area contributed by atoms with Crippen LogP contribution in [0.15, 0.2) is 77.7 Å². The molecule has 0 unspecified atom stereocenters. The van der Waals surface area contributed by atoms with Gasteiger partial charge in [0.05, 0.1) is 22.7 Å². The Kier molecular flexibility index (Phi) is 5.17. The van der Waals surface area contributed by atoms with Gasteiger partial charge in [-0.3, -0.25) is 9.10 Å². The molecule has 30 heavy (non-hydrogen) atoms. The largest absolute Gasteiger partial charge is 0.487 e. The fraction of sp³-hybridized carbons (Fsp3) is 0.136. The molecule has 3 aromatic carbocycles. The van der Waals surface area contributed by atoms with Gasteiger partial charge in [0.1, 0.15) is 17.7 Å². The Morgan fingerprint density at radius 2 is 1.70 bits per heavy atom. The molecule has 0 saturated heterocycles. The molecule has 0 aromatic heterocycles. The van der Waals surface area contributed by atoms with E-state index in [0.29, 0.717) is 17.1 Å². The maximum absolute atomic E-state index is 13.8. The standard InChI is InChI=1S/C22H19FN2O4S/c1-15-14-25(20-8-4-5-9-21(20)29-15)30(27,28)17-12-10-16(11-13-17)24-22(26)18-6-2-3-7-19(18)23/h2-13,15H,14H2,1H3,(H,24,26)/t15-/m0/s1. The van der Waals surface area contributed by atoms with Gasteiger partial charge in [-0.2, -0.15) is 0 Å². The van der Waals surface area contributed by atoms with Crippen molar-refractivity contribution in [2.75, 3.05) is 16.2 Å². The van der Waals surface area contributed by atoms with Crippen LogP contribution in [0.25, 0.3) is 0 Å². The molecule has 0 saturated carbocycles. The summed E-state index contributed by atoms with van der Waals surface area (Å²) in [6, 6.07) is 18.4. The first-order valence-electron chi connectivity index (χ1n) is 9.30. The van der Waals surface area contributed by atoms with Gasteiger partial charge in [-0.15, -0.1) is 0 Å². The molecular weight excluding hydrogens is 407 g/mol. The predicted molar refractivity (Wildman–Crippen MR) is 112 cm³/mol. The molecule has 4 rings (SSSR count). The van der Waals surface area contributed by atoms with Crippen LogP contribution in [0.3, 0.4) is 0 Å². The van der Waals surface area contributed by atoms with Gasteiger partial charge < -0.3 is 10.1 Å². The van der Waals surface area contributed by atoms with Crippen molar-refractivity contribution in [2.45, 2.75) is 17.9 Å². The monoisotopic (exact) mass is 426 g/mol. The van der Waals surface area contributed by atoms with E-state index in [1.54, 1.807) is 37.3 Å². The van der Waals surface area contributed by atoms with Gasteiger partial charge in [0, 0.05) is 5.69 Å². The van der Waals surface area contributed by atoms with E-state index in [9.17, 15) is 17.6 Å². The second kappa shape index (κ2) is 7.79. The van der Waals surface area contributed by atoms with Gasteiger partial charge in [-0.25, -0.2) is 12.8 Å².